The summed E-state index contributed by atoms with van der Waals surface area (Å²) in [6.07, 6.45) is 2.28. The monoisotopic (exact) mass is 462 g/mol. The van der Waals surface area contributed by atoms with Gasteiger partial charge in [-0.25, -0.2) is 13.4 Å². The molecule has 0 bridgehead atoms. The number of nitrogens with zero attached hydrogens (tertiary/aromatic N) is 3. The van der Waals surface area contributed by atoms with Crippen molar-refractivity contribution < 1.29 is 13.2 Å². The molecule has 1 aromatic carbocycles. The van der Waals surface area contributed by atoms with Crippen molar-refractivity contribution in [2.45, 2.75) is 42.0 Å². The number of carbonyl (C=O) groups excluding carboxylic acids is 1. The first kappa shape index (κ1) is 23.7. The summed E-state index contributed by atoms with van der Waals surface area (Å²) in [6, 6.07) is 13.5. The lowest BCUT2D eigenvalue weighted by Crippen LogP contribution is -2.48. The molecule has 0 spiro atoms. The van der Waals surface area contributed by atoms with Crippen LogP contribution >= 0.6 is 11.8 Å². The maximum absolute atomic E-state index is 13.0. The number of benzene rings is 1. The number of amides is 1. The van der Waals surface area contributed by atoms with Crippen LogP contribution in [0.3, 0.4) is 0 Å². The Bertz CT molecular complexity index is 944. The van der Waals surface area contributed by atoms with Crippen molar-refractivity contribution in [3.8, 4) is 0 Å². The van der Waals surface area contributed by atoms with Crippen LogP contribution in [0.2, 0.25) is 0 Å². The molecule has 31 heavy (non-hydrogen) atoms. The van der Waals surface area contributed by atoms with Crippen LogP contribution in [0.5, 0.6) is 0 Å². The van der Waals surface area contributed by atoms with Gasteiger partial charge < -0.3 is 5.32 Å². The maximum atomic E-state index is 13.0. The highest BCUT2D eigenvalue weighted by Gasteiger charge is 2.29. The Morgan fingerprint density at radius 2 is 1.84 bits per heavy atom. The average Bonchev–Trinajstić information content (AvgIpc) is 2.79. The van der Waals surface area contributed by atoms with E-state index in [1.54, 1.807) is 12.1 Å². The highest BCUT2D eigenvalue weighted by atomic mass is 32.2. The SMILES string of the molecule is CCCNC(=O)[C@@H](C)Sc1ccc(S(=O)(=O)N2CCN(Cc3ccccc3)CC2)cn1. The first-order valence-electron chi connectivity index (χ1n) is 10.6. The number of hydrogen-bond donors (Lipinski definition) is 1. The second-order valence-electron chi connectivity index (χ2n) is 7.55. The highest BCUT2D eigenvalue weighted by Crippen LogP contribution is 2.24. The third kappa shape index (κ3) is 6.52. The van der Waals surface area contributed by atoms with E-state index in [4.69, 9.17) is 0 Å². The fourth-order valence-electron chi connectivity index (χ4n) is 3.33. The zero-order valence-corrected chi connectivity index (χ0v) is 19.7. The number of carbonyl (C=O) groups is 1. The molecule has 1 aromatic heterocycles. The van der Waals surface area contributed by atoms with Crippen LogP contribution in [0.1, 0.15) is 25.8 Å². The minimum Gasteiger partial charge on any atom is -0.355 e. The molecule has 0 saturated carbocycles. The summed E-state index contributed by atoms with van der Waals surface area (Å²) in [5.41, 5.74) is 1.23. The largest absolute Gasteiger partial charge is 0.355 e. The number of rotatable bonds is 9. The molecule has 2 heterocycles. The molecule has 168 valence electrons. The summed E-state index contributed by atoms with van der Waals surface area (Å²) in [4.78, 5) is 18.8. The zero-order valence-electron chi connectivity index (χ0n) is 18.0. The Kier molecular flexibility index (Phi) is 8.48. The van der Waals surface area contributed by atoms with Crippen LogP contribution in [-0.2, 0) is 21.4 Å². The third-order valence-corrected chi connectivity index (χ3v) is 8.08. The van der Waals surface area contributed by atoms with Gasteiger partial charge in [-0.05, 0) is 31.0 Å². The van der Waals surface area contributed by atoms with E-state index >= 15 is 0 Å². The van der Waals surface area contributed by atoms with Crippen molar-refractivity contribution in [1.82, 2.24) is 19.5 Å². The molecule has 0 radical (unpaired) electrons. The topological polar surface area (TPSA) is 82.6 Å². The number of nitrogens with one attached hydrogen (secondary N) is 1. The quantitative estimate of drug-likeness (QED) is 0.577. The zero-order chi connectivity index (χ0) is 22.3. The predicted molar refractivity (Wildman–Crippen MR) is 123 cm³/mol. The van der Waals surface area contributed by atoms with Crippen molar-refractivity contribution in [3.05, 3.63) is 54.2 Å². The normalized spacial score (nSPS) is 16.7. The Morgan fingerprint density at radius 3 is 2.45 bits per heavy atom. The molecule has 1 N–H and O–H groups in total. The molecule has 1 fully saturated rings. The third-order valence-electron chi connectivity index (χ3n) is 5.14. The van der Waals surface area contributed by atoms with Gasteiger partial charge in [-0.1, -0.05) is 49.0 Å². The molecule has 1 aliphatic rings. The van der Waals surface area contributed by atoms with Crippen molar-refractivity contribution in [2.24, 2.45) is 0 Å². The first-order valence-corrected chi connectivity index (χ1v) is 12.9. The van der Waals surface area contributed by atoms with E-state index in [0.717, 1.165) is 13.0 Å². The van der Waals surface area contributed by atoms with Gasteiger partial charge in [0.1, 0.15) is 4.90 Å². The Morgan fingerprint density at radius 1 is 1.13 bits per heavy atom. The fourth-order valence-corrected chi connectivity index (χ4v) is 5.52. The van der Waals surface area contributed by atoms with Crippen LogP contribution in [0.4, 0.5) is 0 Å². The number of sulfonamides is 1. The summed E-state index contributed by atoms with van der Waals surface area (Å²) in [5, 5.41) is 3.19. The standard InChI is InChI=1S/C22H30N4O3S2/c1-3-11-23-22(27)18(2)30-21-10-9-20(16-24-21)31(28,29)26-14-12-25(13-15-26)17-19-7-5-4-6-8-19/h4-10,16,18H,3,11-15,17H2,1-2H3,(H,23,27)/t18-/m1/s1. The Labute approximate surface area is 189 Å². The van der Waals surface area contributed by atoms with Gasteiger partial charge in [0.25, 0.3) is 0 Å². The molecule has 2 aromatic rings. The van der Waals surface area contributed by atoms with Crippen LogP contribution in [0, 0.1) is 0 Å². The van der Waals surface area contributed by atoms with Crippen molar-refractivity contribution >= 4 is 27.7 Å². The van der Waals surface area contributed by atoms with Gasteiger partial charge in [0, 0.05) is 45.5 Å². The predicted octanol–water partition coefficient (Wildman–Crippen LogP) is 2.59. The van der Waals surface area contributed by atoms with E-state index in [0.29, 0.717) is 37.7 Å². The van der Waals surface area contributed by atoms with E-state index in [1.807, 2.05) is 32.0 Å². The lowest BCUT2D eigenvalue weighted by atomic mass is 10.2. The summed E-state index contributed by atoms with van der Waals surface area (Å²) in [6.45, 7) is 7.60. The second kappa shape index (κ2) is 11.1. The Hall–Kier alpha value is -1.94. The molecule has 0 unspecified atom stereocenters. The minimum absolute atomic E-state index is 0.0429. The molecule has 1 saturated heterocycles. The maximum Gasteiger partial charge on any atom is 0.244 e. The number of pyridine rings is 1. The van der Waals surface area contributed by atoms with Gasteiger partial charge in [0.15, 0.2) is 0 Å². The van der Waals surface area contributed by atoms with E-state index in [2.05, 4.69) is 27.3 Å². The lowest BCUT2D eigenvalue weighted by molar-refractivity contribution is -0.120. The molecule has 1 amide bonds. The van der Waals surface area contributed by atoms with Crippen molar-refractivity contribution in [3.63, 3.8) is 0 Å². The van der Waals surface area contributed by atoms with Crippen LogP contribution < -0.4 is 5.32 Å². The molecular formula is C22H30N4O3S2. The number of hydrogen-bond acceptors (Lipinski definition) is 6. The van der Waals surface area contributed by atoms with Gasteiger partial charge in [-0.2, -0.15) is 4.31 Å². The summed E-state index contributed by atoms with van der Waals surface area (Å²) in [5.74, 6) is -0.0429. The van der Waals surface area contributed by atoms with E-state index in [-0.39, 0.29) is 16.1 Å². The van der Waals surface area contributed by atoms with Crippen molar-refractivity contribution in [1.29, 1.82) is 0 Å². The van der Waals surface area contributed by atoms with Gasteiger partial charge in [0.05, 0.1) is 10.3 Å². The van der Waals surface area contributed by atoms with Gasteiger partial charge in [-0.15, -0.1) is 0 Å². The average molecular weight is 463 g/mol. The Balaban J connectivity index is 1.55. The second-order valence-corrected chi connectivity index (χ2v) is 10.8. The van der Waals surface area contributed by atoms with Gasteiger partial charge >= 0.3 is 0 Å². The molecular weight excluding hydrogens is 432 g/mol. The van der Waals surface area contributed by atoms with Crippen LogP contribution in [0.15, 0.2) is 58.6 Å². The number of aromatic nitrogens is 1. The first-order chi connectivity index (χ1) is 14.9. The molecule has 3 rings (SSSR count). The van der Waals surface area contributed by atoms with Gasteiger partial charge in [0.2, 0.25) is 15.9 Å². The number of thioether (sulfide) groups is 1. The summed E-state index contributed by atoms with van der Waals surface area (Å²) in [7, 11) is -3.58. The summed E-state index contributed by atoms with van der Waals surface area (Å²) >= 11 is 1.32. The van der Waals surface area contributed by atoms with E-state index in [1.165, 1.54) is 27.8 Å². The molecule has 0 aliphatic carbocycles. The van der Waals surface area contributed by atoms with Crippen LogP contribution in [0.25, 0.3) is 0 Å². The minimum atomic E-state index is -3.58. The molecule has 1 aliphatic heterocycles. The smallest absolute Gasteiger partial charge is 0.244 e. The fraction of sp³-hybridized carbons (Fsp3) is 0.455. The highest BCUT2D eigenvalue weighted by molar-refractivity contribution is 8.00. The molecule has 1 atom stereocenters. The molecule has 7 nitrogen and oxygen atoms in total. The van der Waals surface area contributed by atoms with E-state index in [9.17, 15) is 13.2 Å². The van der Waals surface area contributed by atoms with E-state index < -0.39 is 10.0 Å². The number of piperazine rings is 1. The van der Waals surface area contributed by atoms with Gasteiger partial charge in [-0.3, -0.25) is 9.69 Å². The van der Waals surface area contributed by atoms with Crippen molar-refractivity contribution in [2.75, 3.05) is 32.7 Å². The summed E-state index contributed by atoms with van der Waals surface area (Å²) < 4.78 is 27.5. The van der Waals surface area contributed by atoms with Crippen LogP contribution in [-0.4, -0.2) is 66.5 Å². The lowest BCUT2D eigenvalue weighted by Gasteiger charge is -2.33. The molecule has 9 heteroatoms.